The van der Waals surface area contributed by atoms with Crippen LogP contribution in [0.4, 0.5) is 0 Å². The number of rotatable bonds is 10. The third-order valence-electron chi connectivity index (χ3n) is 4.64. The average molecular weight is 286 g/mol. The van der Waals surface area contributed by atoms with Crippen LogP contribution < -0.4 is 0 Å². The van der Waals surface area contributed by atoms with Crippen LogP contribution in [0.1, 0.15) is 53.4 Å². The van der Waals surface area contributed by atoms with E-state index in [4.69, 9.17) is 13.3 Å². The van der Waals surface area contributed by atoms with Crippen LogP contribution >= 0.6 is 0 Å². The Balaban J connectivity index is 1.82. The Hall–Kier alpha value is 0.0969. The van der Waals surface area contributed by atoms with E-state index < -0.39 is 8.80 Å². The van der Waals surface area contributed by atoms with E-state index in [1.165, 1.54) is 25.7 Å². The summed E-state index contributed by atoms with van der Waals surface area (Å²) in [5, 5.41) is 0. The third-order valence-corrected chi connectivity index (χ3v) is 8.34. The summed E-state index contributed by atoms with van der Waals surface area (Å²) >= 11 is 0. The SMILES string of the molecule is CCO[Si](OCC)(OCCC1CC1CC)C1CC1C. The Morgan fingerprint density at radius 1 is 0.947 bits per heavy atom. The van der Waals surface area contributed by atoms with Crippen LogP contribution in [0.3, 0.4) is 0 Å². The Labute approximate surface area is 119 Å². The average Bonchev–Trinajstić information content (AvgIpc) is 3.27. The van der Waals surface area contributed by atoms with E-state index >= 15 is 0 Å². The van der Waals surface area contributed by atoms with Gasteiger partial charge in [-0.1, -0.05) is 20.3 Å². The molecule has 2 aliphatic rings. The predicted octanol–water partition coefficient (Wildman–Crippen LogP) is 3.86. The first-order valence-electron chi connectivity index (χ1n) is 8.08. The van der Waals surface area contributed by atoms with Gasteiger partial charge in [-0.25, -0.2) is 0 Å². The summed E-state index contributed by atoms with van der Waals surface area (Å²) in [5.41, 5.74) is 0.550. The van der Waals surface area contributed by atoms with Crippen molar-refractivity contribution in [3.05, 3.63) is 0 Å². The molecular formula is C15H30O3Si. The topological polar surface area (TPSA) is 27.7 Å². The normalized spacial score (nSPS) is 33.5. The van der Waals surface area contributed by atoms with Gasteiger partial charge in [-0.2, -0.15) is 0 Å². The minimum absolute atomic E-state index is 0.550. The van der Waals surface area contributed by atoms with Gasteiger partial charge in [-0.3, -0.25) is 0 Å². The van der Waals surface area contributed by atoms with Gasteiger partial charge in [0, 0.05) is 25.4 Å². The van der Waals surface area contributed by atoms with Crippen molar-refractivity contribution in [1.82, 2.24) is 0 Å². The van der Waals surface area contributed by atoms with Gasteiger partial charge in [0.25, 0.3) is 0 Å². The zero-order valence-electron chi connectivity index (χ0n) is 13.0. The molecule has 0 saturated heterocycles. The van der Waals surface area contributed by atoms with Crippen molar-refractivity contribution in [2.45, 2.75) is 58.9 Å². The molecule has 0 aromatic rings. The highest BCUT2D eigenvalue weighted by Crippen LogP contribution is 2.52. The van der Waals surface area contributed by atoms with Gasteiger partial charge >= 0.3 is 8.80 Å². The lowest BCUT2D eigenvalue weighted by molar-refractivity contribution is 0.0619. The molecule has 0 radical (unpaired) electrons. The Kier molecular flexibility index (Phi) is 5.46. The van der Waals surface area contributed by atoms with E-state index in [2.05, 4.69) is 13.8 Å². The molecular weight excluding hydrogens is 256 g/mol. The summed E-state index contributed by atoms with van der Waals surface area (Å²) in [4.78, 5) is 0. The van der Waals surface area contributed by atoms with Gasteiger partial charge in [0.2, 0.25) is 0 Å². The van der Waals surface area contributed by atoms with Gasteiger partial charge in [-0.15, -0.1) is 0 Å². The minimum Gasteiger partial charge on any atom is -0.374 e. The molecule has 3 nitrogen and oxygen atoms in total. The molecule has 4 atom stereocenters. The molecule has 19 heavy (non-hydrogen) atoms. The van der Waals surface area contributed by atoms with E-state index in [-0.39, 0.29) is 0 Å². The van der Waals surface area contributed by atoms with Crippen LogP contribution in [-0.2, 0) is 13.3 Å². The molecule has 4 unspecified atom stereocenters. The quantitative estimate of drug-likeness (QED) is 0.571. The lowest BCUT2D eigenvalue weighted by Crippen LogP contribution is -2.47. The van der Waals surface area contributed by atoms with Crippen LogP contribution in [0, 0.1) is 17.8 Å². The second-order valence-corrected chi connectivity index (χ2v) is 8.91. The van der Waals surface area contributed by atoms with Crippen molar-refractivity contribution in [3.8, 4) is 0 Å². The highest BCUT2D eigenvalue weighted by Gasteiger charge is 2.59. The summed E-state index contributed by atoms with van der Waals surface area (Å²) in [7, 11) is -2.40. The minimum atomic E-state index is -2.40. The summed E-state index contributed by atoms with van der Waals surface area (Å²) in [6.45, 7) is 10.9. The monoisotopic (exact) mass is 286 g/mol. The van der Waals surface area contributed by atoms with E-state index in [1.54, 1.807) is 0 Å². The van der Waals surface area contributed by atoms with Crippen molar-refractivity contribution in [2.75, 3.05) is 19.8 Å². The largest absolute Gasteiger partial charge is 0.504 e. The van der Waals surface area contributed by atoms with E-state index in [0.717, 1.165) is 18.4 Å². The van der Waals surface area contributed by atoms with Gasteiger partial charge < -0.3 is 13.3 Å². The van der Waals surface area contributed by atoms with Gasteiger partial charge in [0.1, 0.15) is 0 Å². The maximum Gasteiger partial charge on any atom is 0.504 e. The molecule has 0 aromatic heterocycles. The molecule has 0 heterocycles. The highest BCUT2D eigenvalue weighted by atomic mass is 28.4. The van der Waals surface area contributed by atoms with Crippen LogP contribution in [0.5, 0.6) is 0 Å². The smallest absolute Gasteiger partial charge is 0.374 e. The van der Waals surface area contributed by atoms with Crippen LogP contribution in [0.25, 0.3) is 0 Å². The lowest BCUT2D eigenvalue weighted by Gasteiger charge is -2.29. The Morgan fingerprint density at radius 2 is 1.58 bits per heavy atom. The van der Waals surface area contributed by atoms with Crippen molar-refractivity contribution in [2.24, 2.45) is 17.8 Å². The second-order valence-electron chi connectivity index (χ2n) is 6.09. The molecule has 4 heteroatoms. The molecule has 2 fully saturated rings. The molecule has 0 aliphatic heterocycles. The molecule has 112 valence electrons. The third kappa shape index (κ3) is 3.81. The molecule has 0 bridgehead atoms. The molecule has 2 rings (SSSR count). The molecule has 2 aliphatic carbocycles. The maximum absolute atomic E-state index is 6.24. The van der Waals surface area contributed by atoms with E-state index in [0.29, 0.717) is 24.7 Å². The van der Waals surface area contributed by atoms with Crippen LogP contribution in [0.2, 0.25) is 5.54 Å². The molecule has 0 spiro atoms. The summed E-state index contributed by atoms with van der Waals surface area (Å²) in [6.07, 6.45) is 5.13. The molecule has 0 N–H and O–H groups in total. The maximum atomic E-state index is 6.24. The first-order valence-corrected chi connectivity index (χ1v) is 9.88. The van der Waals surface area contributed by atoms with Gasteiger partial charge in [0.15, 0.2) is 0 Å². The van der Waals surface area contributed by atoms with Crippen molar-refractivity contribution < 1.29 is 13.3 Å². The van der Waals surface area contributed by atoms with Crippen LogP contribution in [0.15, 0.2) is 0 Å². The fraction of sp³-hybridized carbons (Fsp3) is 1.00. The first-order chi connectivity index (χ1) is 9.16. The van der Waals surface area contributed by atoms with Crippen molar-refractivity contribution >= 4 is 8.80 Å². The fourth-order valence-corrected chi connectivity index (χ4v) is 6.64. The highest BCUT2D eigenvalue weighted by molar-refractivity contribution is 6.63. The summed E-state index contributed by atoms with van der Waals surface area (Å²) < 4.78 is 18.3. The Morgan fingerprint density at radius 3 is 2.00 bits per heavy atom. The van der Waals surface area contributed by atoms with Gasteiger partial charge in [0.05, 0.1) is 0 Å². The fourth-order valence-electron chi connectivity index (χ4n) is 3.18. The predicted molar refractivity (Wildman–Crippen MR) is 79.0 cm³/mol. The second kappa shape index (κ2) is 6.70. The summed E-state index contributed by atoms with van der Waals surface area (Å²) in [5.74, 6) is 2.57. The first kappa shape index (κ1) is 15.5. The van der Waals surface area contributed by atoms with E-state index in [9.17, 15) is 0 Å². The lowest BCUT2D eigenvalue weighted by atomic mass is 10.2. The van der Waals surface area contributed by atoms with Crippen LogP contribution in [-0.4, -0.2) is 28.6 Å². The molecule has 0 amide bonds. The number of hydrogen-bond acceptors (Lipinski definition) is 3. The zero-order valence-corrected chi connectivity index (χ0v) is 14.0. The van der Waals surface area contributed by atoms with Gasteiger partial charge in [-0.05, 0) is 50.9 Å². The van der Waals surface area contributed by atoms with E-state index in [1.807, 2.05) is 13.8 Å². The molecule has 2 saturated carbocycles. The zero-order chi connectivity index (χ0) is 13.9. The van der Waals surface area contributed by atoms with Crippen molar-refractivity contribution in [1.29, 1.82) is 0 Å². The van der Waals surface area contributed by atoms with Crippen molar-refractivity contribution in [3.63, 3.8) is 0 Å². The molecule has 0 aromatic carbocycles. The number of hydrogen-bond donors (Lipinski definition) is 0. The summed E-state index contributed by atoms with van der Waals surface area (Å²) in [6, 6.07) is 0. The standard InChI is InChI=1S/C15H30O3Si/c1-5-13-11-14(13)8-9-18-19(16-6-2,17-7-3)15-10-12(15)4/h12-15H,5-11H2,1-4H3. The Bertz CT molecular complexity index is 279.